The Kier molecular flexibility index (Phi) is 5.02. The molecule has 8 heteroatoms. The Balaban J connectivity index is 1.64. The molecule has 0 bridgehead atoms. The number of aromatic nitrogens is 4. The van der Waals surface area contributed by atoms with Crippen LogP contribution in [0.25, 0.3) is 27.6 Å². The molecule has 0 amide bonds. The molecule has 0 saturated heterocycles. The van der Waals surface area contributed by atoms with Gasteiger partial charge >= 0.3 is 0 Å². The topological polar surface area (TPSA) is 78.9 Å². The van der Waals surface area contributed by atoms with Gasteiger partial charge in [-0.15, -0.1) is 16.4 Å². The summed E-state index contributed by atoms with van der Waals surface area (Å²) in [5, 5.41) is 11.8. The number of rotatable bonds is 5. The van der Waals surface area contributed by atoms with Crippen LogP contribution < -0.4 is 10.5 Å². The van der Waals surface area contributed by atoms with Crippen LogP contribution >= 0.6 is 22.9 Å². The molecule has 4 rings (SSSR count). The first-order valence-corrected chi connectivity index (χ1v) is 9.99. The van der Waals surface area contributed by atoms with Crippen molar-refractivity contribution in [3.8, 4) is 33.4 Å². The van der Waals surface area contributed by atoms with Gasteiger partial charge in [0.05, 0.1) is 18.0 Å². The molecule has 0 spiro atoms. The molecule has 2 heterocycles. The van der Waals surface area contributed by atoms with E-state index in [0.29, 0.717) is 28.1 Å². The number of nitrogens with zero attached hydrogens (tertiary/aromatic N) is 4. The average Bonchev–Trinajstić information content (AvgIpc) is 3.32. The van der Waals surface area contributed by atoms with Crippen molar-refractivity contribution >= 4 is 28.8 Å². The zero-order valence-electron chi connectivity index (χ0n) is 15.4. The van der Waals surface area contributed by atoms with E-state index in [1.165, 1.54) is 11.3 Å². The van der Waals surface area contributed by atoms with Crippen LogP contribution in [0.4, 0.5) is 5.82 Å². The summed E-state index contributed by atoms with van der Waals surface area (Å²) in [4.78, 5) is 4.68. The van der Waals surface area contributed by atoms with Gasteiger partial charge in [0.15, 0.2) is 11.5 Å². The summed E-state index contributed by atoms with van der Waals surface area (Å²) in [5.74, 6) is 1.26. The first-order chi connectivity index (χ1) is 13.6. The lowest BCUT2D eigenvalue weighted by Gasteiger charge is -2.05. The van der Waals surface area contributed by atoms with Gasteiger partial charge in [-0.25, -0.2) is 4.98 Å². The van der Waals surface area contributed by atoms with Crippen molar-refractivity contribution < 1.29 is 4.74 Å². The Morgan fingerprint density at radius 3 is 2.68 bits per heavy atom. The molecule has 0 aliphatic carbocycles. The predicted octanol–water partition coefficient (Wildman–Crippen LogP) is 5.00. The lowest BCUT2D eigenvalue weighted by molar-refractivity contribution is 0.340. The number of aryl methyl sites for hydroxylation is 1. The monoisotopic (exact) mass is 411 g/mol. The summed E-state index contributed by atoms with van der Waals surface area (Å²) >= 11 is 7.70. The maximum Gasteiger partial charge on any atom is 0.165 e. The number of benzene rings is 2. The summed E-state index contributed by atoms with van der Waals surface area (Å²) in [6.45, 7) is 4.55. The Labute approximate surface area is 171 Å². The summed E-state index contributed by atoms with van der Waals surface area (Å²) in [5.41, 5.74) is 10.5. The Morgan fingerprint density at radius 1 is 1.18 bits per heavy atom. The van der Waals surface area contributed by atoms with Crippen LogP contribution in [0.15, 0.2) is 47.8 Å². The van der Waals surface area contributed by atoms with Crippen LogP contribution in [0.5, 0.6) is 5.75 Å². The Morgan fingerprint density at radius 2 is 1.96 bits per heavy atom. The number of thiazole rings is 1. The quantitative estimate of drug-likeness (QED) is 0.499. The molecule has 6 nitrogen and oxygen atoms in total. The third-order valence-corrected chi connectivity index (χ3v) is 5.53. The van der Waals surface area contributed by atoms with E-state index >= 15 is 0 Å². The summed E-state index contributed by atoms with van der Waals surface area (Å²) in [6.07, 6.45) is 0. The maximum absolute atomic E-state index is 6.30. The lowest BCUT2D eigenvalue weighted by Crippen LogP contribution is -2.02. The second-order valence-corrected chi connectivity index (χ2v) is 7.43. The lowest BCUT2D eigenvalue weighted by atomic mass is 10.2. The van der Waals surface area contributed by atoms with Crippen LogP contribution in [0.3, 0.4) is 0 Å². The zero-order valence-corrected chi connectivity index (χ0v) is 17.0. The highest BCUT2D eigenvalue weighted by Gasteiger charge is 2.17. The molecule has 0 unspecified atom stereocenters. The molecule has 2 N–H and O–H groups in total. The van der Waals surface area contributed by atoms with Gasteiger partial charge in [-0.2, -0.15) is 4.68 Å². The normalized spacial score (nSPS) is 11.0. The molecule has 0 radical (unpaired) electrons. The van der Waals surface area contributed by atoms with Gasteiger partial charge in [-0.1, -0.05) is 22.9 Å². The van der Waals surface area contributed by atoms with Gasteiger partial charge in [-0.3, -0.25) is 0 Å². The van der Waals surface area contributed by atoms with Crippen molar-refractivity contribution in [3.05, 3.63) is 58.4 Å². The average molecular weight is 412 g/mol. The summed E-state index contributed by atoms with van der Waals surface area (Å²) in [7, 11) is 0. The van der Waals surface area contributed by atoms with Gasteiger partial charge in [0.1, 0.15) is 10.8 Å². The second-order valence-electron chi connectivity index (χ2n) is 6.16. The van der Waals surface area contributed by atoms with Crippen molar-refractivity contribution in [3.63, 3.8) is 0 Å². The third-order valence-electron chi connectivity index (χ3n) is 4.27. The fraction of sp³-hybridized carbons (Fsp3) is 0.150. The largest absolute Gasteiger partial charge is 0.494 e. The van der Waals surface area contributed by atoms with Crippen LogP contribution in [-0.4, -0.2) is 26.6 Å². The molecular weight excluding hydrogens is 394 g/mol. The number of hydrogen-bond acceptors (Lipinski definition) is 6. The van der Waals surface area contributed by atoms with E-state index < -0.39 is 0 Å². The standard InChI is InChI=1S/C20H18ClN5OS/c1-3-27-15-8-5-13(6-9-15)17-11-28-20(23-17)18-19(22)26(25-24-18)14-7-4-12(2)16(21)10-14/h4-11H,3,22H2,1-2H3. The van der Waals surface area contributed by atoms with Gasteiger partial charge in [-0.05, 0) is 55.8 Å². The fourth-order valence-electron chi connectivity index (χ4n) is 2.75. The molecule has 0 aliphatic heterocycles. The number of halogens is 1. The predicted molar refractivity (Wildman–Crippen MR) is 113 cm³/mol. The maximum atomic E-state index is 6.30. The molecule has 0 saturated carbocycles. The summed E-state index contributed by atoms with van der Waals surface area (Å²) < 4.78 is 7.05. The third kappa shape index (κ3) is 3.46. The van der Waals surface area contributed by atoms with Crippen molar-refractivity contribution in [2.75, 3.05) is 12.3 Å². The van der Waals surface area contributed by atoms with E-state index in [1.54, 1.807) is 4.68 Å². The molecule has 4 aromatic rings. The van der Waals surface area contributed by atoms with Crippen LogP contribution in [-0.2, 0) is 0 Å². The van der Waals surface area contributed by atoms with Crippen molar-refractivity contribution in [2.24, 2.45) is 0 Å². The molecule has 28 heavy (non-hydrogen) atoms. The highest BCUT2D eigenvalue weighted by atomic mass is 35.5. The Bertz CT molecular complexity index is 1120. The van der Waals surface area contributed by atoms with Gasteiger partial charge in [0.2, 0.25) is 0 Å². The minimum atomic E-state index is 0.424. The summed E-state index contributed by atoms with van der Waals surface area (Å²) in [6, 6.07) is 13.5. The first-order valence-electron chi connectivity index (χ1n) is 8.73. The molecule has 2 aromatic heterocycles. The minimum Gasteiger partial charge on any atom is -0.494 e. The number of anilines is 1. The molecule has 0 aliphatic rings. The van der Waals surface area contributed by atoms with E-state index in [2.05, 4.69) is 15.3 Å². The molecule has 2 aromatic carbocycles. The second kappa shape index (κ2) is 7.61. The van der Waals surface area contributed by atoms with Gasteiger partial charge in [0.25, 0.3) is 0 Å². The van der Waals surface area contributed by atoms with Crippen LogP contribution in [0.2, 0.25) is 5.02 Å². The van der Waals surface area contributed by atoms with Crippen molar-refractivity contribution in [2.45, 2.75) is 13.8 Å². The number of hydrogen-bond donors (Lipinski definition) is 1. The number of ether oxygens (including phenoxy) is 1. The van der Waals surface area contributed by atoms with Crippen LogP contribution in [0, 0.1) is 6.92 Å². The zero-order chi connectivity index (χ0) is 19.7. The van der Waals surface area contributed by atoms with E-state index in [9.17, 15) is 0 Å². The highest BCUT2D eigenvalue weighted by Crippen LogP contribution is 2.32. The minimum absolute atomic E-state index is 0.424. The van der Waals surface area contributed by atoms with Crippen molar-refractivity contribution in [1.82, 2.24) is 20.0 Å². The number of nitrogen functional groups attached to an aromatic ring is 1. The van der Waals surface area contributed by atoms with Crippen LogP contribution in [0.1, 0.15) is 12.5 Å². The highest BCUT2D eigenvalue weighted by molar-refractivity contribution is 7.13. The molecule has 0 atom stereocenters. The molecular formula is C20H18ClN5OS. The van der Waals surface area contributed by atoms with E-state index in [0.717, 1.165) is 28.3 Å². The van der Waals surface area contributed by atoms with Gasteiger partial charge in [0, 0.05) is 16.0 Å². The molecule has 142 valence electrons. The van der Waals surface area contributed by atoms with Gasteiger partial charge < -0.3 is 10.5 Å². The van der Waals surface area contributed by atoms with E-state index in [4.69, 9.17) is 22.1 Å². The SMILES string of the molecule is CCOc1ccc(-c2csc(-c3nnn(-c4ccc(C)c(Cl)c4)c3N)n2)cc1. The van der Waals surface area contributed by atoms with E-state index in [1.807, 2.05) is 61.7 Å². The fourth-order valence-corrected chi connectivity index (χ4v) is 3.74. The molecule has 0 fully saturated rings. The smallest absolute Gasteiger partial charge is 0.165 e. The number of nitrogens with two attached hydrogens (primary N) is 1. The van der Waals surface area contributed by atoms with E-state index in [-0.39, 0.29) is 0 Å². The first kappa shape index (κ1) is 18.5. The Hall–Kier alpha value is -2.90. The van der Waals surface area contributed by atoms with Crippen molar-refractivity contribution in [1.29, 1.82) is 0 Å².